The summed E-state index contributed by atoms with van der Waals surface area (Å²) in [5.41, 5.74) is 1.55. The first-order chi connectivity index (χ1) is 13.0. The Balaban J connectivity index is 1.74. The molecule has 7 nitrogen and oxygen atoms in total. The van der Waals surface area contributed by atoms with Crippen molar-refractivity contribution in [2.45, 2.75) is 6.54 Å². The van der Waals surface area contributed by atoms with E-state index in [4.69, 9.17) is 0 Å². The van der Waals surface area contributed by atoms with E-state index in [0.717, 1.165) is 11.4 Å². The number of thiophene rings is 1. The predicted octanol–water partition coefficient (Wildman–Crippen LogP) is 2.35. The van der Waals surface area contributed by atoms with E-state index in [1.807, 2.05) is 54.2 Å². The summed E-state index contributed by atoms with van der Waals surface area (Å²) in [6, 6.07) is 11.4. The van der Waals surface area contributed by atoms with E-state index >= 15 is 0 Å². The van der Waals surface area contributed by atoms with E-state index < -0.39 is 5.78 Å². The van der Waals surface area contributed by atoms with Gasteiger partial charge in [0.25, 0.3) is 5.56 Å². The van der Waals surface area contributed by atoms with Gasteiger partial charge in [0.1, 0.15) is 22.3 Å². The third kappa shape index (κ3) is 2.60. The molecule has 3 aromatic rings. The van der Waals surface area contributed by atoms with Gasteiger partial charge in [-0.25, -0.2) is 4.98 Å². The van der Waals surface area contributed by atoms with Crippen LogP contribution in [0.25, 0.3) is 10.2 Å². The second-order valence-corrected chi connectivity index (χ2v) is 7.05. The van der Waals surface area contributed by atoms with Gasteiger partial charge in [-0.1, -0.05) is 12.1 Å². The van der Waals surface area contributed by atoms with Crippen molar-refractivity contribution in [3.63, 3.8) is 0 Å². The summed E-state index contributed by atoms with van der Waals surface area (Å²) in [7, 11) is 3.63. The fraction of sp³-hybridized carbons (Fsp3) is 0.158. The van der Waals surface area contributed by atoms with E-state index in [2.05, 4.69) is 4.98 Å². The van der Waals surface area contributed by atoms with E-state index in [-0.39, 0.29) is 17.7 Å². The van der Waals surface area contributed by atoms with Gasteiger partial charge in [0.05, 0.1) is 29.6 Å². The molecule has 1 aromatic carbocycles. The number of ketones is 1. The van der Waals surface area contributed by atoms with E-state index in [1.54, 1.807) is 11.4 Å². The molecule has 0 spiro atoms. The Morgan fingerprint density at radius 3 is 2.48 bits per heavy atom. The Hall–Kier alpha value is -3.44. The molecule has 1 aliphatic rings. The number of hydrogen-bond acceptors (Lipinski definition) is 7. The van der Waals surface area contributed by atoms with Crippen molar-refractivity contribution in [1.82, 2.24) is 9.55 Å². The molecule has 4 rings (SSSR count). The smallest absolute Gasteiger partial charge is 0.262 e. The van der Waals surface area contributed by atoms with Crippen LogP contribution < -0.4 is 15.4 Å². The molecule has 0 unspecified atom stereocenters. The molecule has 0 aliphatic carbocycles. The predicted molar refractivity (Wildman–Crippen MR) is 105 cm³/mol. The SMILES string of the molecule is CN1C(=C(C#N)C(=O)Cn2cnc3sccc3c2=O)N(C)c2ccccc21. The summed E-state index contributed by atoms with van der Waals surface area (Å²) in [4.78, 5) is 33.9. The van der Waals surface area contributed by atoms with Crippen LogP contribution in [-0.4, -0.2) is 29.4 Å². The second kappa shape index (κ2) is 6.37. The number of hydrogen-bond donors (Lipinski definition) is 0. The number of Topliss-reactive ketones (excluding diaryl/α,β-unsaturated/α-hetero) is 1. The van der Waals surface area contributed by atoms with Crippen molar-refractivity contribution in [3.8, 4) is 6.07 Å². The standard InChI is InChI=1S/C19H15N5O2S/c1-22-14-5-3-4-6-15(14)23(2)18(22)13(9-20)16(25)10-24-11-21-17-12(19(24)26)7-8-27-17/h3-8,11H,10H2,1-2H3. The first kappa shape index (κ1) is 17.0. The Bertz CT molecular complexity index is 1170. The van der Waals surface area contributed by atoms with Gasteiger partial charge in [-0.2, -0.15) is 5.26 Å². The molecule has 0 atom stereocenters. The summed E-state index contributed by atoms with van der Waals surface area (Å²) in [6.07, 6.45) is 1.36. The number of aromatic nitrogens is 2. The zero-order valence-electron chi connectivity index (χ0n) is 14.7. The average molecular weight is 377 g/mol. The summed E-state index contributed by atoms with van der Waals surface area (Å²) in [5, 5.41) is 11.9. The van der Waals surface area contributed by atoms with Crippen molar-refractivity contribution in [2.75, 3.05) is 23.9 Å². The number of allylic oxidation sites excluding steroid dienone is 1. The lowest BCUT2D eigenvalue weighted by Gasteiger charge is -2.20. The number of nitriles is 1. The lowest BCUT2D eigenvalue weighted by Crippen LogP contribution is -2.29. The number of para-hydroxylation sites is 2. The minimum absolute atomic E-state index is 0.00788. The van der Waals surface area contributed by atoms with E-state index in [9.17, 15) is 14.9 Å². The zero-order valence-corrected chi connectivity index (χ0v) is 15.5. The number of nitrogens with zero attached hydrogens (tertiary/aromatic N) is 5. The van der Waals surface area contributed by atoms with Crippen LogP contribution in [0.15, 0.2) is 58.2 Å². The molecule has 1 aliphatic heterocycles. The molecular weight excluding hydrogens is 362 g/mol. The van der Waals surface area contributed by atoms with Gasteiger partial charge in [-0.3, -0.25) is 14.2 Å². The molecule has 3 heterocycles. The van der Waals surface area contributed by atoms with Gasteiger partial charge in [0, 0.05) is 14.1 Å². The van der Waals surface area contributed by atoms with Crippen LogP contribution in [0.1, 0.15) is 0 Å². The molecular formula is C19H15N5O2S. The quantitative estimate of drug-likeness (QED) is 0.515. The average Bonchev–Trinajstić information content (AvgIpc) is 3.25. The lowest BCUT2D eigenvalue weighted by atomic mass is 10.1. The monoisotopic (exact) mass is 377 g/mol. The molecule has 0 amide bonds. The number of anilines is 2. The topological polar surface area (TPSA) is 82.2 Å². The van der Waals surface area contributed by atoms with Gasteiger partial charge >= 0.3 is 0 Å². The van der Waals surface area contributed by atoms with E-state index in [0.29, 0.717) is 16.0 Å². The van der Waals surface area contributed by atoms with Crippen LogP contribution >= 0.6 is 11.3 Å². The maximum atomic E-state index is 12.9. The normalized spacial score (nSPS) is 13.0. The molecule has 0 saturated carbocycles. The lowest BCUT2D eigenvalue weighted by molar-refractivity contribution is -0.115. The number of carbonyl (C=O) groups excluding carboxylic acids is 1. The van der Waals surface area contributed by atoms with Crippen molar-refractivity contribution in [3.05, 3.63) is 63.8 Å². The molecule has 0 bridgehead atoms. The van der Waals surface area contributed by atoms with Gasteiger partial charge in [-0.15, -0.1) is 11.3 Å². The van der Waals surface area contributed by atoms with Gasteiger partial charge < -0.3 is 9.80 Å². The first-order valence-electron chi connectivity index (χ1n) is 8.19. The van der Waals surface area contributed by atoms with Crippen molar-refractivity contribution in [1.29, 1.82) is 5.26 Å². The zero-order chi connectivity index (χ0) is 19.1. The Kier molecular flexibility index (Phi) is 4.01. The molecule has 0 radical (unpaired) electrons. The molecule has 0 N–H and O–H groups in total. The number of fused-ring (bicyclic) bond motifs is 2. The van der Waals surface area contributed by atoms with Crippen LogP contribution in [0.5, 0.6) is 0 Å². The Labute approximate surface area is 159 Å². The minimum atomic E-state index is -0.433. The highest BCUT2D eigenvalue weighted by molar-refractivity contribution is 7.16. The Morgan fingerprint density at radius 2 is 1.85 bits per heavy atom. The van der Waals surface area contributed by atoms with Crippen molar-refractivity contribution in [2.24, 2.45) is 0 Å². The van der Waals surface area contributed by atoms with Crippen LogP contribution in [0.2, 0.25) is 0 Å². The van der Waals surface area contributed by atoms with E-state index in [1.165, 1.54) is 22.2 Å². The van der Waals surface area contributed by atoms with Crippen molar-refractivity contribution < 1.29 is 4.79 Å². The maximum Gasteiger partial charge on any atom is 0.262 e. The molecule has 2 aromatic heterocycles. The minimum Gasteiger partial charge on any atom is -0.328 e. The Morgan fingerprint density at radius 1 is 1.19 bits per heavy atom. The summed E-state index contributed by atoms with van der Waals surface area (Å²) in [6.45, 7) is -0.234. The molecule has 27 heavy (non-hydrogen) atoms. The summed E-state index contributed by atoms with van der Waals surface area (Å²) in [5.74, 6) is 0.0683. The molecule has 134 valence electrons. The highest BCUT2D eigenvalue weighted by Gasteiger charge is 2.31. The highest BCUT2D eigenvalue weighted by Crippen LogP contribution is 2.40. The largest absolute Gasteiger partial charge is 0.328 e. The summed E-state index contributed by atoms with van der Waals surface area (Å²) >= 11 is 1.37. The number of carbonyl (C=O) groups is 1. The van der Waals surface area contributed by atoms with Crippen molar-refractivity contribution >= 4 is 38.7 Å². The third-order valence-electron chi connectivity index (χ3n) is 4.62. The van der Waals surface area contributed by atoms with Crippen LogP contribution in [0.4, 0.5) is 11.4 Å². The first-order valence-corrected chi connectivity index (χ1v) is 9.07. The number of benzene rings is 1. The molecule has 0 saturated heterocycles. The summed E-state index contributed by atoms with van der Waals surface area (Å²) < 4.78 is 1.25. The fourth-order valence-corrected chi connectivity index (χ4v) is 4.02. The molecule has 0 fully saturated rings. The maximum absolute atomic E-state index is 12.9. The number of rotatable bonds is 3. The van der Waals surface area contributed by atoms with Crippen LogP contribution in [-0.2, 0) is 11.3 Å². The van der Waals surface area contributed by atoms with Gasteiger partial charge in [0.2, 0.25) is 0 Å². The van der Waals surface area contributed by atoms with Gasteiger partial charge in [0.15, 0.2) is 5.78 Å². The second-order valence-electron chi connectivity index (χ2n) is 6.16. The third-order valence-corrected chi connectivity index (χ3v) is 5.44. The highest BCUT2D eigenvalue weighted by atomic mass is 32.1. The van der Waals surface area contributed by atoms with Gasteiger partial charge in [-0.05, 0) is 23.6 Å². The fourth-order valence-electron chi connectivity index (χ4n) is 3.30. The van der Waals surface area contributed by atoms with Crippen LogP contribution in [0, 0.1) is 11.3 Å². The van der Waals surface area contributed by atoms with Crippen LogP contribution in [0.3, 0.4) is 0 Å². The molecule has 8 heteroatoms.